The summed E-state index contributed by atoms with van der Waals surface area (Å²) >= 11 is 0. The van der Waals surface area contributed by atoms with Crippen LogP contribution >= 0.6 is 0 Å². The summed E-state index contributed by atoms with van der Waals surface area (Å²) in [5.41, 5.74) is 5.16. The standard InChI is InChI=1S/C15H31N3O2/c1-5-20-14(19)15(2,16)8-6-9-17(3)11-13-7-10-18(4)12-13/h13H,5-12,16H2,1-4H3. The van der Waals surface area contributed by atoms with Crippen molar-refractivity contribution in [3.05, 3.63) is 0 Å². The second-order valence-electron chi connectivity index (χ2n) is 6.42. The number of likely N-dealkylation sites (tertiary alicyclic amines) is 1. The maximum absolute atomic E-state index is 11.7. The van der Waals surface area contributed by atoms with Crippen molar-refractivity contribution in [2.45, 2.75) is 38.6 Å². The van der Waals surface area contributed by atoms with E-state index in [1.54, 1.807) is 13.8 Å². The molecule has 0 aromatic heterocycles. The van der Waals surface area contributed by atoms with Crippen LogP contribution in [-0.4, -0.2) is 68.2 Å². The third kappa shape index (κ3) is 5.77. The summed E-state index contributed by atoms with van der Waals surface area (Å²) in [4.78, 5) is 16.4. The van der Waals surface area contributed by atoms with Gasteiger partial charge in [-0.2, -0.15) is 0 Å². The number of carbonyl (C=O) groups excluding carboxylic acids is 1. The normalized spacial score (nSPS) is 23.0. The van der Waals surface area contributed by atoms with Crippen LogP contribution in [0, 0.1) is 5.92 Å². The van der Waals surface area contributed by atoms with Gasteiger partial charge < -0.3 is 20.3 Å². The summed E-state index contributed by atoms with van der Waals surface area (Å²) in [7, 11) is 4.33. The molecule has 5 nitrogen and oxygen atoms in total. The molecule has 1 aliphatic heterocycles. The SMILES string of the molecule is CCOC(=O)C(C)(N)CCCN(C)CC1CCN(C)C1. The molecule has 0 aliphatic carbocycles. The molecule has 1 aliphatic rings. The Morgan fingerprint density at radius 2 is 2.25 bits per heavy atom. The molecule has 2 atom stereocenters. The van der Waals surface area contributed by atoms with Gasteiger partial charge in [-0.25, -0.2) is 0 Å². The van der Waals surface area contributed by atoms with E-state index < -0.39 is 5.54 Å². The van der Waals surface area contributed by atoms with E-state index in [-0.39, 0.29) is 5.97 Å². The summed E-state index contributed by atoms with van der Waals surface area (Å²) in [5, 5.41) is 0. The number of nitrogens with two attached hydrogens (primary N) is 1. The molecule has 0 bridgehead atoms. The van der Waals surface area contributed by atoms with E-state index in [0.29, 0.717) is 13.0 Å². The van der Waals surface area contributed by atoms with Crippen LogP contribution in [0.3, 0.4) is 0 Å². The van der Waals surface area contributed by atoms with Crippen LogP contribution in [0.5, 0.6) is 0 Å². The molecule has 118 valence electrons. The molecule has 0 saturated carbocycles. The zero-order valence-electron chi connectivity index (χ0n) is 13.5. The van der Waals surface area contributed by atoms with Crippen LogP contribution in [0.1, 0.15) is 33.1 Å². The van der Waals surface area contributed by atoms with Gasteiger partial charge in [-0.05, 0) is 66.2 Å². The summed E-state index contributed by atoms with van der Waals surface area (Å²) in [6.45, 7) is 8.47. The van der Waals surface area contributed by atoms with Crippen LogP contribution in [-0.2, 0) is 9.53 Å². The fourth-order valence-corrected chi connectivity index (χ4v) is 2.82. The summed E-state index contributed by atoms with van der Waals surface area (Å²) in [5.74, 6) is 0.486. The Morgan fingerprint density at radius 1 is 1.55 bits per heavy atom. The lowest BCUT2D eigenvalue weighted by molar-refractivity contribution is -0.149. The number of nitrogens with zero attached hydrogens (tertiary/aromatic N) is 2. The molecule has 1 saturated heterocycles. The average molecular weight is 285 g/mol. The van der Waals surface area contributed by atoms with Gasteiger partial charge in [0.1, 0.15) is 5.54 Å². The first-order valence-electron chi connectivity index (χ1n) is 7.68. The van der Waals surface area contributed by atoms with E-state index in [1.165, 1.54) is 19.5 Å². The lowest BCUT2D eigenvalue weighted by Gasteiger charge is -2.25. The lowest BCUT2D eigenvalue weighted by atomic mass is 9.97. The first-order chi connectivity index (χ1) is 9.35. The summed E-state index contributed by atoms with van der Waals surface area (Å²) in [6, 6.07) is 0. The highest BCUT2D eigenvalue weighted by atomic mass is 16.5. The smallest absolute Gasteiger partial charge is 0.325 e. The molecule has 2 unspecified atom stereocenters. The van der Waals surface area contributed by atoms with Crippen LogP contribution in [0.25, 0.3) is 0 Å². The average Bonchev–Trinajstić information content (AvgIpc) is 2.74. The molecule has 0 amide bonds. The van der Waals surface area contributed by atoms with E-state index >= 15 is 0 Å². The molecule has 2 N–H and O–H groups in total. The van der Waals surface area contributed by atoms with Gasteiger partial charge in [0, 0.05) is 13.1 Å². The maximum atomic E-state index is 11.7. The monoisotopic (exact) mass is 285 g/mol. The highest BCUT2D eigenvalue weighted by molar-refractivity contribution is 5.79. The first kappa shape index (κ1) is 17.4. The number of hydrogen-bond acceptors (Lipinski definition) is 5. The number of ether oxygens (including phenoxy) is 1. The van der Waals surface area contributed by atoms with Crippen LogP contribution < -0.4 is 5.73 Å². The number of carbonyl (C=O) groups is 1. The van der Waals surface area contributed by atoms with Crippen molar-refractivity contribution < 1.29 is 9.53 Å². The van der Waals surface area contributed by atoms with Gasteiger partial charge >= 0.3 is 5.97 Å². The van der Waals surface area contributed by atoms with Crippen molar-refractivity contribution in [3.8, 4) is 0 Å². The van der Waals surface area contributed by atoms with Gasteiger partial charge in [-0.15, -0.1) is 0 Å². The number of hydrogen-bond donors (Lipinski definition) is 1. The maximum Gasteiger partial charge on any atom is 0.325 e. The molecule has 0 spiro atoms. The highest BCUT2D eigenvalue weighted by Crippen LogP contribution is 2.16. The Balaban J connectivity index is 2.20. The van der Waals surface area contributed by atoms with Crippen molar-refractivity contribution >= 4 is 5.97 Å². The van der Waals surface area contributed by atoms with Crippen molar-refractivity contribution in [3.63, 3.8) is 0 Å². The second-order valence-corrected chi connectivity index (χ2v) is 6.42. The van der Waals surface area contributed by atoms with Crippen molar-refractivity contribution in [1.29, 1.82) is 0 Å². The lowest BCUT2D eigenvalue weighted by Crippen LogP contribution is -2.46. The van der Waals surface area contributed by atoms with Gasteiger partial charge in [0.05, 0.1) is 6.61 Å². The molecule has 1 rings (SSSR count). The van der Waals surface area contributed by atoms with E-state index in [2.05, 4.69) is 23.9 Å². The molecular weight excluding hydrogens is 254 g/mol. The molecule has 5 heteroatoms. The Morgan fingerprint density at radius 3 is 2.80 bits per heavy atom. The Labute approximate surface area is 123 Å². The fourth-order valence-electron chi connectivity index (χ4n) is 2.82. The molecule has 0 aromatic carbocycles. The summed E-state index contributed by atoms with van der Waals surface area (Å²) < 4.78 is 5.00. The number of esters is 1. The minimum atomic E-state index is -0.857. The van der Waals surface area contributed by atoms with E-state index in [4.69, 9.17) is 10.5 Å². The van der Waals surface area contributed by atoms with E-state index in [9.17, 15) is 4.79 Å². The van der Waals surface area contributed by atoms with Gasteiger partial charge in [-0.1, -0.05) is 0 Å². The predicted octanol–water partition coefficient (Wildman–Crippen LogP) is 0.931. The van der Waals surface area contributed by atoms with Gasteiger partial charge in [0.15, 0.2) is 0 Å². The zero-order valence-corrected chi connectivity index (χ0v) is 13.5. The quantitative estimate of drug-likeness (QED) is 0.672. The van der Waals surface area contributed by atoms with Gasteiger partial charge in [0.2, 0.25) is 0 Å². The molecule has 1 heterocycles. The third-order valence-electron chi connectivity index (χ3n) is 4.04. The summed E-state index contributed by atoms with van der Waals surface area (Å²) in [6.07, 6.45) is 2.88. The van der Waals surface area contributed by atoms with Gasteiger partial charge in [0.25, 0.3) is 0 Å². The minimum absolute atomic E-state index is 0.292. The second kappa shape index (κ2) is 7.96. The van der Waals surface area contributed by atoms with E-state index in [1.807, 2.05) is 0 Å². The molecular formula is C15H31N3O2. The first-order valence-corrected chi connectivity index (χ1v) is 7.68. The van der Waals surface area contributed by atoms with Gasteiger partial charge in [-0.3, -0.25) is 4.79 Å². The van der Waals surface area contributed by atoms with Crippen molar-refractivity contribution in [1.82, 2.24) is 9.80 Å². The van der Waals surface area contributed by atoms with Crippen molar-refractivity contribution in [2.24, 2.45) is 11.7 Å². The van der Waals surface area contributed by atoms with Crippen LogP contribution in [0.15, 0.2) is 0 Å². The zero-order chi connectivity index (χ0) is 15.2. The Bertz CT molecular complexity index is 307. The van der Waals surface area contributed by atoms with E-state index in [0.717, 1.165) is 25.4 Å². The Kier molecular flexibility index (Phi) is 6.92. The molecule has 20 heavy (non-hydrogen) atoms. The number of rotatable bonds is 8. The van der Waals surface area contributed by atoms with Crippen molar-refractivity contribution in [2.75, 3.05) is 46.9 Å². The minimum Gasteiger partial charge on any atom is -0.465 e. The molecule has 0 aromatic rings. The largest absolute Gasteiger partial charge is 0.465 e. The topological polar surface area (TPSA) is 58.8 Å². The van der Waals surface area contributed by atoms with Crippen LogP contribution in [0.4, 0.5) is 0 Å². The predicted molar refractivity (Wildman–Crippen MR) is 81.6 cm³/mol. The Hall–Kier alpha value is -0.650. The molecule has 0 radical (unpaired) electrons. The fraction of sp³-hybridized carbons (Fsp3) is 0.933. The highest BCUT2D eigenvalue weighted by Gasteiger charge is 2.29. The van der Waals surface area contributed by atoms with Crippen LogP contribution in [0.2, 0.25) is 0 Å². The molecule has 1 fully saturated rings. The third-order valence-corrected chi connectivity index (χ3v) is 4.04.